The van der Waals surface area contributed by atoms with Crippen LogP contribution in [0.3, 0.4) is 0 Å². The van der Waals surface area contributed by atoms with Crippen molar-refractivity contribution in [2.45, 2.75) is 19.3 Å². The Hall–Kier alpha value is -2.78. The van der Waals surface area contributed by atoms with Crippen LogP contribution < -0.4 is 10.3 Å². The summed E-state index contributed by atoms with van der Waals surface area (Å²) in [4.78, 5) is 24.3. The molecule has 0 amide bonds. The summed E-state index contributed by atoms with van der Waals surface area (Å²) < 4.78 is 0. The van der Waals surface area contributed by atoms with Crippen LogP contribution in [0.1, 0.15) is 18.4 Å². The molecule has 2 fully saturated rings. The first-order chi connectivity index (χ1) is 14.6. The number of hydrogen-bond acceptors (Lipinski definition) is 8. The van der Waals surface area contributed by atoms with Crippen molar-refractivity contribution in [2.75, 3.05) is 56.6 Å². The molecular weight excluding hydrogens is 382 g/mol. The molecule has 1 aromatic heterocycles. The molecule has 0 atom stereocenters. The molecule has 9 heteroatoms. The van der Waals surface area contributed by atoms with Crippen LogP contribution in [-0.2, 0) is 6.42 Å². The number of piperidine rings is 1. The average molecular weight is 412 g/mol. The van der Waals surface area contributed by atoms with Crippen LogP contribution in [-0.4, -0.2) is 71.1 Å². The van der Waals surface area contributed by atoms with Crippen molar-refractivity contribution < 1.29 is 4.92 Å². The lowest BCUT2D eigenvalue weighted by molar-refractivity contribution is -0.383. The molecule has 1 aromatic carbocycles. The van der Waals surface area contributed by atoms with Gasteiger partial charge in [0.05, 0.1) is 4.92 Å². The van der Waals surface area contributed by atoms with Crippen molar-refractivity contribution in [3.63, 3.8) is 0 Å². The van der Waals surface area contributed by atoms with E-state index >= 15 is 0 Å². The topological polar surface area (TPSA) is 90.7 Å². The van der Waals surface area contributed by atoms with Gasteiger partial charge in [-0.2, -0.15) is 0 Å². The maximum atomic E-state index is 11.9. The molecule has 4 rings (SSSR count). The summed E-state index contributed by atoms with van der Waals surface area (Å²) in [6.45, 7) is 4.93. The maximum Gasteiger partial charge on any atom is 0.354 e. The van der Waals surface area contributed by atoms with Crippen LogP contribution in [0.2, 0.25) is 0 Å². The second-order valence-electron chi connectivity index (χ2n) is 8.17. The molecule has 0 spiro atoms. The number of rotatable bonds is 6. The summed E-state index contributed by atoms with van der Waals surface area (Å²) in [6, 6.07) is 10.5. The first-order valence-corrected chi connectivity index (χ1v) is 10.6. The van der Waals surface area contributed by atoms with E-state index in [1.165, 1.54) is 11.9 Å². The van der Waals surface area contributed by atoms with E-state index in [4.69, 9.17) is 0 Å². The largest absolute Gasteiger partial charge is 0.354 e. The minimum Gasteiger partial charge on any atom is -0.351 e. The lowest BCUT2D eigenvalue weighted by atomic mass is 9.90. The number of anilines is 2. The van der Waals surface area contributed by atoms with E-state index in [0.717, 1.165) is 58.5 Å². The summed E-state index contributed by atoms with van der Waals surface area (Å²) in [7, 11) is 2.07. The van der Waals surface area contributed by atoms with Gasteiger partial charge in [0.25, 0.3) is 0 Å². The molecule has 160 valence electrons. The summed E-state index contributed by atoms with van der Waals surface area (Å²) >= 11 is 0. The molecule has 1 N–H and O–H groups in total. The minimum absolute atomic E-state index is 0.0297. The van der Waals surface area contributed by atoms with Gasteiger partial charge in [-0.3, -0.25) is 15.5 Å². The van der Waals surface area contributed by atoms with Crippen molar-refractivity contribution in [2.24, 2.45) is 5.92 Å². The van der Waals surface area contributed by atoms with Gasteiger partial charge in [0.1, 0.15) is 6.33 Å². The molecular formula is C21H29N7O2. The Kier molecular flexibility index (Phi) is 6.39. The minimum atomic E-state index is -0.357. The highest BCUT2D eigenvalue weighted by atomic mass is 16.6. The van der Waals surface area contributed by atoms with Gasteiger partial charge < -0.3 is 9.80 Å². The zero-order chi connectivity index (χ0) is 20.9. The van der Waals surface area contributed by atoms with Gasteiger partial charge in [-0.25, -0.2) is 15.0 Å². The molecule has 0 unspecified atom stereocenters. The number of nitrogens with zero attached hydrogens (tertiary/aromatic N) is 6. The Morgan fingerprint density at radius 2 is 1.77 bits per heavy atom. The highest BCUT2D eigenvalue weighted by Crippen LogP contribution is 2.34. The molecule has 0 saturated carbocycles. The fraction of sp³-hybridized carbons (Fsp3) is 0.524. The van der Waals surface area contributed by atoms with E-state index in [0.29, 0.717) is 11.7 Å². The smallest absolute Gasteiger partial charge is 0.351 e. The number of likely N-dealkylation sites (N-methyl/N-ethyl adjacent to an activating group) is 1. The van der Waals surface area contributed by atoms with E-state index in [1.807, 2.05) is 16.0 Å². The van der Waals surface area contributed by atoms with E-state index in [-0.39, 0.29) is 16.4 Å². The fourth-order valence-electron chi connectivity index (χ4n) is 4.22. The fourth-order valence-corrected chi connectivity index (χ4v) is 4.22. The molecule has 30 heavy (non-hydrogen) atoms. The number of nitro groups is 1. The maximum absolute atomic E-state index is 11.9. The lowest BCUT2D eigenvalue weighted by Gasteiger charge is -2.34. The SMILES string of the molecule is CN1CCN(Nc2ncnc(N3CCC(Cc4ccccc4)CC3)c2[N+](=O)[O-])CC1. The van der Waals surface area contributed by atoms with Gasteiger partial charge in [-0.1, -0.05) is 30.3 Å². The van der Waals surface area contributed by atoms with Crippen LogP contribution in [0.4, 0.5) is 17.3 Å². The molecule has 2 aliphatic rings. The number of hydrogen-bond donors (Lipinski definition) is 1. The average Bonchev–Trinajstić information content (AvgIpc) is 2.76. The predicted molar refractivity (Wildman–Crippen MR) is 116 cm³/mol. The predicted octanol–water partition coefficient (Wildman–Crippen LogP) is 2.42. The van der Waals surface area contributed by atoms with Gasteiger partial charge in [-0.15, -0.1) is 0 Å². The van der Waals surface area contributed by atoms with Crippen molar-refractivity contribution >= 4 is 17.3 Å². The number of hydrazine groups is 1. The standard InChI is InChI=1S/C21H29N7O2/c1-25-11-13-27(14-12-25)24-20-19(28(29)30)21(23-16-22-20)26-9-7-18(8-10-26)15-17-5-3-2-4-6-17/h2-6,16,18H,7-15H2,1H3,(H,22,23,24). The Morgan fingerprint density at radius 1 is 1.07 bits per heavy atom. The third kappa shape index (κ3) is 4.85. The molecule has 0 bridgehead atoms. The number of piperazine rings is 1. The van der Waals surface area contributed by atoms with Gasteiger partial charge in [0, 0.05) is 39.3 Å². The second-order valence-corrected chi connectivity index (χ2v) is 8.17. The number of nitrogens with one attached hydrogen (secondary N) is 1. The van der Waals surface area contributed by atoms with Crippen LogP contribution in [0.15, 0.2) is 36.7 Å². The van der Waals surface area contributed by atoms with Crippen molar-refractivity contribution in [3.05, 3.63) is 52.3 Å². The Morgan fingerprint density at radius 3 is 2.43 bits per heavy atom. The summed E-state index contributed by atoms with van der Waals surface area (Å²) in [5.74, 6) is 1.29. The Bertz CT molecular complexity index is 848. The molecule has 0 radical (unpaired) electrons. The van der Waals surface area contributed by atoms with Gasteiger partial charge in [-0.05, 0) is 37.8 Å². The highest BCUT2D eigenvalue weighted by molar-refractivity contribution is 5.70. The first kappa shape index (κ1) is 20.5. The molecule has 2 aromatic rings. The molecule has 2 saturated heterocycles. The number of benzene rings is 1. The van der Waals surface area contributed by atoms with Crippen LogP contribution in [0.5, 0.6) is 0 Å². The highest BCUT2D eigenvalue weighted by Gasteiger charge is 2.31. The van der Waals surface area contributed by atoms with E-state index in [9.17, 15) is 10.1 Å². The second kappa shape index (κ2) is 9.36. The van der Waals surface area contributed by atoms with Gasteiger partial charge >= 0.3 is 5.69 Å². The Labute approximate surface area is 176 Å². The number of aromatic nitrogens is 2. The Balaban J connectivity index is 1.44. The van der Waals surface area contributed by atoms with Crippen molar-refractivity contribution in [1.82, 2.24) is 19.9 Å². The third-order valence-electron chi connectivity index (χ3n) is 6.03. The van der Waals surface area contributed by atoms with Crippen LogP contribution in [0, 0.1) is 16.0 Å². The summed E-state index contributed by atoms with van der Waals surface area (Å²) in [6.07, 6.45) is 4.47. The van der Waals surface area contributed by atoms with E-state index < -0.39 is 0 Å². The quantitative estimate of drug-likeness (QED) is 0.572. The van der Waals surface area contributed by atoms with Gasteiger partial charge in [0.15, 0.2) is 0 Å². The monoisotopic (exact) mass is 411 g/mol. The van der Waals surface area contributed by atoms with Gasteiger partial charge in [0.2, 0.25) is 11.6 Å². The van der Waals surface area contributed by atoms with Crippen LogP contribution >= 0.6 is 0 Å². The third-order valence-corrected chi connectivity index (χ3v) is 6.03. The van der Waals surface area contributed by atoms with Crippen molar-refractivity contribution in [1.29, 1.82) is 0 Å². The molecule has 0 aliphatic carbocycles. The summed E-state index contributed by atoms with van der Waals surface area (Å²) in [5.41, 5.74) is 4.48. The first-order valence-electron chi connectivity index (χ1n) is 10.6. The van der Waals surface area contributed by atoms with E-state index in [2.05, 4.69) is 51.6 Å². The van der Waals surface area contributed by atoms with Crippen LogP contribution in [0.25, 0.3) is 0 Å². The van der Waals surface area contributed by atoms with Crippen molar-refractivity contribution in [3.8, 4) is 0 Å². The molecule has 9 nitrogen and oxygen atoms in total. The lowest BCUT2D eigenvalue weighted by Crippen LogP contribution is -2.47. The molecule has 3 heterocycles. The summed E-state index contributed by atoms with van der Waals surface area (Å²) in [5, 5.41) is 13.9. The molecule has 2 aliphatic heterocycles. The zero-order valence-electron chi connectivity index (χ0n) is 17.4. The zero-order valence-corrected chi connectivity index (χ0v) is 17.4. The van der Waals surface area contributed by atoms with E-state index in [1.54, 1.807) is 0 Å². The normalized spacial score (nSPS) is 19.0.